The fraction of sp³-hybridized carbons (Fsp3) is 0.231. The van der Waals surface area contributed by atoms with Crippen LogP contribution in [0.15, 0.2) is 51.7 Å². The zero-order valence-corrected chi connectivity index (χ0v) is 20.4. The minimum atomic E-state index is -0.786. The molecule has 0 unspecified atom stereocenters. The quantitative estimate of drug-likeness (QED) is 0.245. The molecule has 0 saturated heterocycles. The summed E-state index contributed by atoms with van der Waals surface area (Å²) in [5, 5.41) is 5.39. The molecule has 0 spiro atoms. The molecule has 5 rings (SSSR count). The first-order chi connectivity index (χ1) is 17.4. The Bertz CT molecular complexity index is 1590. The third-order valence-electron chi connectivity index (χ3n) is 6.08. The summed E-state index contributed by atoms with van der Waals surface area (Å²) in [6, 6.07) is 12.6. The van der Waals surface area contributed by atoms with Crippen molar-refractivity contribution in [1.29, 1.82) is 0 Å². The monoisotopic (exact) mass is 506 g/mol. The van der Waals surface area contributed by atoms with E-state index in [-0.39, 0.29) is 29.3 Å². The predicted molar refractivity (Wildman–Crippen MR) is 135 cm³/mol. The Kier molecular flexibility index (Phi) is 6.19. The van der Waals surface area contributed by atoms with Crippen LogP contribution in [0.3, 0.4) is 0 Å². The van der Waals surface area contributed by atoms with E-state index in [1.54, 1.807) is 13.0 Å². The van der Waals surface area contributed by atoms with Crippen LogP contribution >= 0.6 is 11.3 Å². The highest BCUT2D eigenvalue weighted by atomic mass is 32.1. The van der Waals surface area contributed by atoms with E-state index in [4.69, 9.17) is 13.9 Å². The number of anilines is 1. The topological polar surface area (TPSA) is 115 Å². The lowest BCUT2D eigenvalue weighted by atomic mass is 10.0. The molecular formula is C26H22N2O7S. The summed E-state index contributed by atoms with van der Waals surface area (Å²) in [5.41, 5.74) is 0.357. The van der Waals surface area contributed by atoms with E-state index in [1.807, 2.05) is 30.3 Å². The van der Waals surface area contributed by atoms with Gasteiger partial charge in [0.25, 0.3) is 5.91 Å². The lowest BCUT2D eigenvalue weighted by molar-refractivity contribution is 0.0526. The van der Waals surface area contributed by atoms with Crippen LogP contribution in [0.25, 0.3) is 21.7 Å². The van der Waals surface area contributed by atoms with Crippen LogP contribution in [-0.4, -0.2) is 43.1 Å². The zero-order chi connectivity index (χ0) is 25.4. The Morgan fingerprint density at radius 2 is 1.94 bits per heavy atom. The van der Waals surface area contributed by atoms with Crippen LogP contribution in [0.1, 0.15) is 38.1 Å². The first-order valence-electron chi connectivity index (χ1n) is 11.3. The summed E-state index contributed by atoms with van der Waals surface area (Å²) in [6.07, 6.45) is -0.0759. The number of fused-ring (bicyclic) bond motifs is 4. The zero-order valence-electron chi connectivity index (χ0n) is 19.6. The van der Waals surface area contributed by atoms with Gasteiger partial charge < -0.3 is 24.1 Å². The summed E-state index contributed by atoms with van der Waals surface area (Å²) in [7, 11) is 1.31. The van der Waals surface area contributed by atoms with Gasteiger partial charge in [0, 0.05) is 16.8 Å². The Morgan fingerprint density at radius 3 is 2.72 bits per heavy atom. The van der Waals surface area contributed by atoms with Gasteiger partial charge in [0.05, 0.1) is 25.8 Å². The van der Waals surface area contributed by atoms with Crippen molar-refractivity contribution in [2.75, 3.05) is 25.6 Å². The number of benzene rings is 2. The molecule has 36 heavy (non-hydrogen) atoms. The maximum Gasteiger partial charge on any atom is 0.409 e. The van der Waals surface area contributed by atoms with Gasteiger partial charge in [-0.15, -0.1) is 11.3 Å². The molecule has 184 valence electrons. The van der Waals surface area contributed by atoms with Gasteiger partial charge in [0.2, 0.25) is 0 Å². The highest BCUT2D eigenvalue weighted by molar-refractivity contribution is 7.17. The molecule has 0 atom stereocenters. The highest BCUT2D eigenvalue weighted by Crippen LogP contribution is 2.38. The Balaban J connectivity index is 1.54. The molecule has 3 heterocycles. The van der Waals surface area contributed by atoms with Crippen LogP contribution in [0.2, 0.25) is 0 Å². The number of methoxy groups -OCH3 is 1. The van der Waals surface area contributed by atoms with Crippen molar-refractivity contribution in [2.45, 2.75) is 19.9 Å². The van der Waals surface area contributed by atoms with Crippen LogP contribution in [0, 0.1) is 0 Å². The molecule has 1 N–H and O–H groups in total. The van der Waals surface area contributed by atoms with E-state index in [2.05, 4.69) is 5.32 Å². The number of esters is 1. The van der Waals surface area contributed by atoms with E-state index >= 15 is 0 Å². The first kappa shape index (κ1) is 23.6. The van der Waals surface area contributed by atoms with Crippen molar-refractivity contribution in [1.82, 2.24) is 4.90 Å². The van der Waals surface area contributed by atoms with Gasteiger partial charge in [-0.2, -0.15) is 0 Å². The van der Waals surface area contributed by atoms with Crippen molar-refractivity contribution in [2.24, 2.45) is 0 Å². The smallest absolute Gasteiger partial charge is 0.409 e. The second kappa shape index (κ2) is 9.46. The molecule has 1 aliphatic heterocycles. The molecule has 2 amide bonds. The molecule has 4 aromatic rings. The fourth-order valence-electron chi connectivity index (χ4n) is 4.40. The lowest BCUT2D eigenvalue weighted by Gasteiger charge is -2.25. The number of carbonyl (C=O) groups is 3. The largest absolute Gasteiger partial charge is 0.462 e. The molecule has 0 saturated carbocycles. The number of amides is 2. The van der Waals surface area contributed by atoms with E-state index in [0.29, 0.717) is 29.5 Å². The number of rotatable bonds is 4. The standard InChI is InChI=1S/C26H22N2O7S/c1-3-34-25(31)21-16-10-11-28(26(32)33-2)13-20(16)36-23(21)27-22(29)18-12-17-15-7-5-4-6-14(15)8-9-19(17)35-24(18)30/h4-9,12H,3,10-11,13H2,1-2H3,(H,27,29). The molecule has 2 aromatic carbocycles. The maximum absolute atomic E-state index is 13.3. The molecule has 0 bridgehead atoms. The third kappa shape index (κ3) is 4.09. The molecule has 9 nitrogen and oxygen atoms in total. The molecule has 10 heteroatoms. The predicted octanol–water partition coefficient (Wildman–Crippen LogP) is 4.56. The number of hydrogen-bond donors (Lipinski definition) is 1. The minimum absolute atomic E-state index is 0.159. The van der Waals surface area contributed by atoms with Gasteiger partial charge in [0.1, 0.15) is 16.1 Å². The third-order valence-corrected chi connectivity index (χ3v) is 7.22. The maximum atomic E-state index is 13.3. The first-order valence-corrected chi connectivity index (χ1v) is 12.1. The molecule has 0 radical (unpaired) electrons. The Hall–Kier alpha value is -4.18. The minimum Gasteiger partial charge on any atom is -0.462 e. The van der Waals surface area contributed by atoms with Gasteiger partial charge in [-0.1, -0.05) is 30.3 Å². The van der Waals surface area contributed by atoms with Gasteiger partial charge in [-0.25, -0.2) is 14.4 Å². The van der Waals surface area contributed by atoms with Gasteiger partial charge >= 0.3 is 17.7 Å². The molecule has 0 aliphatic carbocycles. The number of nitrogens with zero attached hydrogens (tertiary/aromatic N) is 1. The van der Waals surface area contributed by atoms with Crippen molar-refractivity contribution in [3.8, 4) is 0 Å². The van der Waals surface area contributed by atoms with Crippen LogP contribution in [0.5, 0.6) is 0 Å². The highest BCUT2D eigenvalue weighted by Gasteiger charge is 2.32. The van der Waals surface area contributed by atoms with E-state index in [1.165, 1.54) is 29.4 Å². The lowest BCUT2D eigenvalue weighted by Crippen LogP contribution is -2.35. The molecule has 1 aliphatic rings. The summed E-state index contributed by atoms with van der Waals surface area (Å²) in [6.45, 7) is 2.45. The normalized spacial score (nSPS) is 12.9. The molecule has 0 fully saturated rings. The number of nitrogens with one attached hydrogen (secondary N) is 1. The number of thiophene rings is 1. The Labute approximate surface area is 209 Å². The van der Waals surface area contributed by atoms with Gasteiger partial charge in [0.15, 0.2) is 0 Å². The summed E-state index contributed by atoms with van der Waals surface area (Å²) in [4.78, 5) is 53.1. The Morgan fingerprint density at radius 1 is 1.14 bits per heavy atom. The van der Waals surface area contributed by atoms with Crippen LogP contribution in [0.4, 0.5) is 9.80 Å². The van der Waals surface area contributed by atoms with E-state index < -0.39 is 23.6 Å². The SMILES string of the molecule is CCOC(=O)c1c(NC(=O)c2cc3c(ccc4ccccc43)oc2=O)sc2c1CCN(C(=O)OC)C2. The van der Waals surface area contributed by atoms with Crippen LogP contribution < -0.4 is 10.9 Å². The summed E-state index contributed by atoms with van der Waals surface area (Å²) >= 11 is 1.17. The van der Waals surface area contributed by atoms with Crippen molar-refractivity contribution >= 4 is 56.0 Å². The second-order valence-electron chi connectivity index (χ2n) is 8.17. The van der Waals surface area contributed by atoms with Gasteiger partial charge in [-0.05, 0) is 41.8 Å². The number of carbonyl (C=O) groups excluding carboxylic acids is 3. The second-order valence-corrected chi connectivity index (χ2v) is 9.28. The van der Waals surface area contributed by atoms with E-state index in [0.717, 1.165) is 15.6 Å². The fourth-order valence-corrected chi connectivity index (χ4v) is 5.64. The van der Waals surface area contributed by atoms with E-state index in [9.17, 15) is 19.2 Å². The summed E-state index contributed by atoms with van der Waals surface area (Å²) < 4.78 is 15.5. The van der Waals surface area contributed by atoms with Crippen molar-refractivity contribution in [3.05, 3.63) is 74.5 Å². The average molecular weight is 507 g/mol. The summed E-state index contributed by atoms with van der Waals surface area (Å²) in [5.74, 6) is -1.28. The number of hydrogen-bond acceptors (Lipinski definition) is 8. The molecular weight excluding hydrogens is 484 g/mol. The van der Waals surface area contributed by atoms with Crippen molar-refractivity contribution in [3.63, 3.8) is 0 Å². The molecule has 2 aromatic heterocycles. The van der Waals surface area contributed by atoms with Crippen molar-refractivity contribution < 1.29 is 28.3 Å². The van der Waals surface area contributed by atoms with Gasteiger partial charge in [-0.3, -0.25) is 4.79 Å². The number of ether oxygens (including phenoxy) is 2. The van der Waals surface area contributed by atoms with Crippen LogP contribution in [-0.2, 0) is 22.4 Å². The average Bonchev–Trinajstić information content (AvgIpc) is 3.24.